The monoisotopic (exact) mass is 422 g/mol. The summed E-state index contributed by atoms with van der Waals surface area (Å²) in [5.74, 6) is 0.944. The van der Waals surface area contributed by atoms with Gasteiger partial charge in [0.25, 0.3) is 0 Å². The first-order valence-electron chi connectivity index (χ1n) is 10.7. The molecule has 3 rings (SSSR count). The molecule has 0 bridgehead atoms. The maximum absolute atomic E-state index is 5.66. The van der Waals surface area contributed by atoms with Crippen LogP contribution in [0.4, 0.5) is 5.82 Å². The molecule has 0 radical (unpaired) electrons. The lowest BCUT2D eigenvalue weighted by molar-refractivity contribution is 0.0985. The average molecular weight is 423 g/mol. The van der Waals surface area contributed by atoms with Gasteiger partial charge in [-0.2, -0.15) is 0 Å². The molecule has 1 fully saturated rings. The van der Waals surface area contributed by atoms with Gasteiger partial charge in [-0.1, -0.05) is 5.57 Å². The largest absolute Gasteiger partial charge is 0.394 e. The van der Waals surface area contributed by atoms with Crippen LogP contribution in [0, 0.1) is 6.92 Å². The van der Waals surface area contributed by atoms with E-state index in [1.807, 2.05) is 44.4 Å². The van der Waals surface area contributed by atoms with Crippen LogP contribution in [-0.4, -0.2) is 60.1 Å². The highest BCUT2D eigenvalue weighted by Crippen LogP contribution is 2.31. The highest BCUT2D eigenvalue weighted by molar-refractivity contribution is 6.15. The summed E-state index contributed by atoms with van der Waals surface area (Å²) in [6.07, 6.45) is 7.73. The number of morpholine rings is 1. The average Bonchev–Trinajstić information content (AvgIpc) is 3.17. The fraction of sp³-hybridized carbons (Fsp3) is 0.458. The quantitative estimate of drug-likeness (QED) is 0.570. The lowest BCUT2D eigenvalue weighted by Gasteiger charge is -2.35. The van der Waals surface area contributed by atoms with Gasteiger partial charge in [0.1, 0.15) is 5.82 Å². The Labute approximate surface area is 185 Å². The molecule has 31 heavy (non-hydrogen) atoms. The van der Waals surface area contributed by atoms with Gasteiger partial charge < -0.3 is 19.5 Å². The van der Waals surface area contributed by atoms with Crippen LogP contribution < -0.4 is 10.2 Å². The third-order valence-corrected chi connectivity index (χ3v) is 5.67. The van der Waals surface area contributed by atoms with Crippen molar-refractivity contribution < 1.29 is 4.74 Å². The lowest BCUT2D eigenvalue weighted by atomic mass is 9.95. The number of pyridine rings is 1. The van der Waals surface area contributed by atoms with Gasteiger partial charge in [0.05, 0.1) is 48.9 Å². The Hall–Kier alpha value is -2.93. The number of aryl methyl sites for hydroxylation is 1. The molecule has 3 heterocycles. The van der Waals surface area contributed by atoms with Crippen LogP contribution in [0.1, 0.15) is 32.0 Å². The molecule has 0 saturated carbocycles. The smallest absolute Gasteiger partial charge is 0.130 e. The molecule has 2 aromatic rings. The topological polar surface area (TPSA) is 67.6 Å². The van der Waals surface area contributed by atoms with Gasteiger partial charge in [-0.3, -0.25) is 4.99 Å². The van der Waals surface area contributed by atoms with Crippen LogP contribution in [0.5, 0.6) is 0 Å². The molecule has 0 spiro atoms. The van der Waals surface area contributed by atoms with Gasteiger partial charge in [-0.05, 0) is 51.6 Å². The van der Waals surface area contributed by atoms with Crippen molar-refractivity contribution >= 4 is 11.5 Å². The summed E-state index contributed by atoms with van der Waals surface area (Å²) in [4.78, 5) is 16.5. The van der Waals surface area contributed by atoms with E-state index in [0.717, 1.165) is 46.2 Å². The first kappa shape index (κ1) is 22.7. The van der Waals surface area contributed by atoms with E-state index in [2.05, 4.69) is 55.0 Å². The van der Waals surface area contributed by atoms with Crippen molar-refractivity contribution in [1.82, 2.24) is 19.9 Å². The Morgan fingerprint density at radius 3 is 2.71 bits per heavy atom. The molecule has 1 N–H and O–H groups in total. The van der Waals surface area contributed by atoms with Crippen LogP contribution in [0.3, 0.4) is 0 Å². The Kier molecular flexibility index (Phi) is 7.28. The molecule has 166 valence electrons. The van der Waals surface area contributed by atoms with Crippen LogP contribution in [0.25, 0.3) is 11.3 Å². The Morgan fingerprint density at radius 1 is 1.35 bits per heavy atom. The molecule has 1 aliphatic rings. The molecule has 0 amide bonds. The Balaban J connectivity index is 2.25. The summed E-state index contributed by atoms with van der Waals surface area (Å²) in [7, 11) is 5.75. The van der Waals surface area contributed by atoms with E-state index in [9.17, 15) is 0 Å². The van der Waals surface area contributed by atoms with Crippen LogP contribution >= 0.6 is 0 Å². The van der Waals surface area contributed by atoms with E-state index < -0.39 is 0 Å². The second-order valence-corrected chi connectivity index (χ2v) is 8.12. The maximum Gasteiger partial charge on any atom is 0.130 e. The Bertz CT molecular complexity index is 1010. The first-order chi connectivity index (χ1) is 14.9. The minimum absolute atomic E-state index is 0.255. The zero-order valence-corrected chi connectivity index (χ0v) is 19.7. The molecule has 0 aromatic carbocycles. The molecule has 1 saturated heterocycles. The number of imidazole rings is 1. The summed E-state index contributed by atoms with van der Waals surface area (Å²) in [5, 5.41) is 3.08. The van der Waals surface area contributed by atoms with Gasteiger partial charge in [-0.25, -0.2) is 9.97 Å². The molecule has 1 atom stereocenters. The number of allylic oxidation sites excluding steroid dienone is 3. The minimum atomic E-state index is 0.255. The minimum Gasteiger partial charge on any atom is -0.394 e. The fourth-order valence-corrected chi connectivity index (χ4v) is 3.93. The molecule has 7 heteroatoms. The predicted molar refractivity (Wildman–Crippen MR) is 128 cm³/mol. The summed E-state index contributed by atoms with van der Waals surface area (Å²) in [6.45, 7) is 10.7. The third-order valence-electron chi connectivity index (χ3n) is 5.67. The number of hydrogen-bond acceptors (Lipinski definition) is 6. The van der Waals surface area contributed by atoms with E-state index in [4.69, 9.17) is 14.7 Å². The SMILES string of the molecule is C/N=C(/C(/C=C\NC)=C(C)C)c1nc(N2CCOC[C@H]2C)cc(-c2cncn2C)c1C. The number of rotatable bonds is 6. The normalized spacial score (nSPS) is 17.3. The van der Waals surface area contributed by atoms with Gasteiger partial charge >= 0.3 is 0 Å². The van der Waals surface area contributed by atoms with Crippen molar-refractivity contribution in [1.29, 1.82) is 0 Å². The highest BCUT2D eigenvalue weighted by atomic mass is 16.5. The van der Waals surface area contributed by atoms with Crippen molar-refractivity contribution in [3.63, 3.8) is 0 Å². The van der Waals surface area contributed by atoms with E-state index in [1.54, 1.807) is 0 Å². The van der Waals surface area contributed by atoms with Crippen LogP contribution in [0.2, 0.25) is 0 Å². The van der Waals surface area contributed by atoms with Gasteiger partial charge in [0.15, 0.2) is 0 Å². The zero-order chi connectivity index (χ0) is 22.5. The zero-order valence-electron chi connectivity index (χ0n) is 19.7. The van der Waals surface area contributed by atoms with E-state index in [0.29, 0.717) is 13.2 Å². The van der Waals surface area contributed by atoms with Gasteiger partial charge in [0, 0.05) is 38.8 Å². The second kappa shape index (κ2) is 9.92. The number of anilines is 1. The molecule has 7 nitrogen and oxygen atoms in total. The number of hydrogen-bond donors (Lipinski definition) is 1. The number of ether oxygens (including phenoxy) is 1. The summed E-state index contributed by atoms with van der Waals surface area (Å²) >= 11 is 0. The van der Waals surface area contributed by atoms with E-state index in [1.165, 1.54) is 5.57 Å². The number of aliphatic imine (C=N–C) groups is 1. The second-order valence-electron chi connectivity index (χ2n) is 8.12. The predicted octanol–water partition coefficient (Wildman–Crippen LogP) is 3.50. The summed E-state index contributed by atoms with van der Waals surface area (Å²) in [5.41, 5.74) is 7.29. The van der Waals surface area contributed by atoms with Crippen molar-refractivity contribution in [3.05, 3.63) is 53.3 Å². The lowest BCUT2D eigenvalue weighted by Crippen LogP contribution is -2.44. The number of aromatic nitrogens is 3. The summed E-state index contributed by atoms with van der Waals surface area (Å²) in [6, 6.07) is 2.43. The van der Waals surface area contributed by atoms with Crippen molar-refractivity contribution in [3.8, 4) is 11.3 Å². The van der Waals surface area contributed by atoms with E-state index >= 15 is 0 Å². The molecule has 1 aliphatic heterocycles. The Morgan fingerprint density at radius 2 is 2.13 bits per heavy atom. The number of nitrogens with one attached hydrogen (secondary N) is 1. The molecular formula is C24H34N6O. The van der Waals surface area contributed by atoms with Crippen LogP contribution in [0.15, 0.2) is 47.0 Å². The number of nitrogens with zero attached hydrogens (tertiary/aromatic N) is 5. The highest BCUT2D eigenvalue weighted by Gasteiger charge is 2.25. The molecule has 0 aliphatic carbocycles. The maximum atomic E-state index is 5.66. The van der Waals surface area contributed by atoms with Gasteiger partial charge in [-0.15, -0.1) is 0 Å². The van der Waals surface area contributed by atoms with Gasteiger partial charge in [0.2, 0.25) is 0 Å². The van der Waals surface area contributed by atoms with E-state index in [-0.39, 0.29) is 6.04 Å². The third kappa shape index (κ3) is 4.71. The van der Waals surface area contributed by atoms with Crippen LogP contribution in [-0.2, 0) is 11.8 Å². The standard InChI is InChI=1S/C24H34N6O/c1-16(2)19(8-9-25-5)24(26-6)23-18(4)20(21-13-27-15-29(21)7)12-22(28-23)30-10-11-31-14-17(30)3/h8-9,12-13,15,17,25H,10-11,14H2,1-7H3/b9-8-,26-24-/t17-/m1/s1. The molecule has 2 aromatic heterocycles. The fourth-order valence-electron chi connectivity index (χ4n) is 3.93. The van der Waals surface area contributed by atoms with Crippen molar-refractivity contribution in [2.24, 2.45) is 12.0 Å². The summed E-state index contributed by atoms with van der Waals surface area (Å²) < 4.78 is 7.71. The molecule has 0 unspecified atom stereocenters. The molecular weight excluding hydrogens is 388 g/mol. The van der Waals surface area contributed by atoms with Crippen molar-refractivity contribution in [2.75, 3.05) is 38.8 Å². The first-order valence-corrected chi connectivity index (χ1v) is 10.7. The van der Waals surface area contributed by atoms with Crippen molar-refractivity contribution in [2.45, 2.75) is 33.7 Å².